The van der Waals surface area contributed by atoms with Crippen LogP contribution in [-0.2, 0) is 15.8 Å². The summed E-state index contributed by atoms with van der Waals surface area (Å²) in [4.78, 5) is 54.9. The number of hydrogen-bond donors (Lipinski definition) is 0. The molecular formula is C56H54N6O5. The molecule has 0 fully saturated rings. The molecule has 11 heteroatoms. The molecule has 0 radical (unpaired) electrons. The molecule has 0 spiro atoms. The molecule has 4 aromatic heterocycles. The van der Waals surface area contributed by atoms with Crippen LogP contribution < -0.4 is 11.1 Å². The Morgan fingerprint density at radius 2 is 1.18 bits per heavy atom. The minimum absolute atomic E-state index is 0.126. The van der Waals surface area contributed by atoms with Crippen molar-refractivity contribution in [1.29, 1.82) is 0 Å². The van der Waals surface area contributed by atoms with Crippen molar-refractivity contribution in [3.63, 3.8) is 0 Å². The molecule has 4 heterocycles. The molecule has 3 atom stereocenters. The third kappa shape index (κ3) is 5.77. The summed E-state index contributed by atoms with van der Waals surface area (Å²) in [5.74, 6) is 0.553. The summed E-state index contributed by atoms with van der Waals surface area (Å²) in [5, 5.41) is 22.6. The van der Waals surface area contributed by atoms with E-state index in [-0.39, 0.29) is 21.7 Å². The maximum atomic E-state index is 15.3. The van der Waals surface area contributed by atoms with Gasteiger partial charge in [-0.15, -0.1) is 0 Å². The average Bonchev–Trinajstić information content (AvgIpc) is 3.87. The summed E-state index contributed by atoms with van der Waals surface area (Å²) in [6, 6.07) is 16.2. The lowest BCUT2D eigenvalue weighted by molar-refractivity contribution is -0.559. The second-order valence-electron chi connectivity index (χ2n) is 19.3. The lowest BCUT2D eigenvalue weighted by atomic mass is 9.77. The normalized spacial score (nSPS) is 22.1. The van der Waals surface area contributed by atoms with Gasteiger partial charge in [-0.05, 0) is 115 Å². The summed E-state index contributed by atoms with van der Waals surface area (Å²) in [5.41, 5.74) is 1.28. The van der Waals surface area contributed by atoms with E-state index in [1.165, 1.54) is 23.0 Å². The van der Waals surface area contributed by atoms with E-state index in [4.69, 9.17) is 14.7 Å². The van der Waals surface area contributed by atoms with Gasteiger partial charge in [0.2, 0.25) is 0 Å². The summed E-state index contributed by atoms with van der Waals surface area (Å²) >= 11 is 0. The first-order chi connectivity index (χ1) is 32.2. The molecule has 3 unspecified atom stereocenters. The fourth-order valence-corrected chi connectivity index (χ4v) is 11.4. The zero-order chi connectivity index (χ0) is 46.9. The van der Waals surface area contributed by atoms with Crippen molar-refractivity contribution < 1.29 is 9.66 Å². The monoisotopic (exact) mass is 890 g/mol. The number of nitro groups is 1. The lowest BCUT2D eigenvalue weighted by Gasteiger charge is -2.39. The van der Waals surface area contributed by atoms with Gasteiger partial charge in [-0.3, -0.25) is 33.4 Å². The van der Waals surface area contributed by atoms with E-state index < -0.39 is 16.5 Å². The van der Waals surface area contributed by atoms with Crippen molar-refractivity contribution in [3.8, 4) is 0 Å². The van der Waals surface area contributed by atoms with E-state index in [2.05, 4.69) is 102 Å². The van der Waals surface area contributed by atoms with Gasteiger partial charge in [0, 0.05) is 56.2 Å². The molecular weight excluding hydrogens is 837 g/mol. The fraction of sp³-hybridized carbons (Fsp3) is 0.321. The Labute approximate surface area is 387 Å². The van der Waals surface area contributed by atoms with Gasteiger partial charge >= 0.3 is 0 Å². The van der Waals surface area contributed by atoms with Crippen LogP contribution in [0.5, 0.6) is 0 Å². The van der Waals surface area contributed by atoms with Crippen LogP contribution in [0.2, 0.25) is 0 Å². The highest BCUT2D eigenvalue weighted by atomic mass is 16.6. The topological polar surface area (TPSA) is 124 Å². The first-order valence-electron chi connectivity index (χ1n) is 23.7. The van der Waals surface area contributed by atoms with Crippen molar-refractivity contribution in [2.45, 2.75) is 79.3 Å². The Kier molecular flexibility index (Phi) is 9.64. The molecule has 11 nitrogen and oxygen atoms in total. The second kappa shape index (κ2) is 15.1. The Morgan fingerprint density at radius 1 is 0.687 bits per heavy atom. The van der Waals surface area contributed by atoms with Crippen molar-refractivity contribution in [2.24, 2.45) is 11.3 Å². The molecule has 67 heavy (non-hydrogen) atoms. The van der Waals surface area contributed by atoms with Crippen molar-refractivity contribution in [3.05, 3.63) is 150 Å². The van der Waals surface area contributed by atoms with E-state index in [9.17, 15) is 14.9 Å². The van der Waals surface area contributed by atoms with Gasteiger partial charge in [0.25, 0.3) is 16.7 Å². The van der Waals surface area contributed by atoms with Crippen LogP contribution in [0.1, 0.15) is 91.0 Å². The standard InChI is InChI=1S/C56H54N6O5/c1-9-33(10-2)31-67-30-25-32(5)54(6)27-24-43-48(55(7,29-28-54)59(11-3)12-4)57-50-38-20-16-34-35-17-21-39-47-40(52(63)60-42-15-13-14-26-56(8,62(65)66)49(42)58-51(39)60)22-18-36(45(35)47)37-19-23-41(46(38)44(34)37)53(64)61(43)50/h13-29,33H,9-12,30-31H2,1-8H3/b27-24-,29-28-,32-25-. The van der Waals surface area contributed by atoms with Gasteiger partial charge in [0.1, 0.15) is 17.0 Å². The molecule has 0 saturated carbocycles. The molecule has 338 valence electrons. The number of likely N-dealkylation sites (N-methyl/N-ethyl adjacent to an activating group) is 1. The Morgan fingerprint density at radius 3 is 1.70 bits per heavy atom. The van der Waals surface area contributed by atoms with Crippen LogP contribution in [0.25, 0.3) is 88.1 Å². The number of ether oxygens (including phenoxy) is 1. The van der Waals surface area contributed by atoms with E-state index in [0.29, 0.717) is 40.3 Å². The first-order valence-corrected chi connectivity index (χ1v) is 23.7. The number of pyridine rings is 2. The highest BCUT2D eigenvalue weighted by Crippen LogP contribution is 2.47. The molecule has 2 aliphatic rings. The SMILES string of the molecule is CCC(CC)COC/C=C(/C)C1(C)/C=C\c2c(nc3c4ccc5c6ccc7c8c(ccc(c9ccc(c(=O)n23)c4c95)c68)c(=O)n2c3c(nc72)C(C)([N+](=O)[O-])C=CC=C3)C(C)(N(CC)CC)/C=C\1. The van der Waals surface area contributed by atoms with Crippen molar-refractivity contribution in [1.82, 2.24) is 23.7 Å². The minimum atomic E-state index is -1.63. The number of rotatable bonds is 11. The Bertz CT molecular complexity index is 3810. The second-order valence-corrected chi connectivity index (χ2v) is 19.3. The predicted octanol–water partition coefficient (Wildman–Crippen LogP) is 11.6. The maximum absolute atomic E-state index is 15.3. The van der Waals surface area contributed by atoms with Crippen molar-refractivity contribution in [2.75, 3.05) is 26.3 Å². The number of hydrogen-bond acceptors (Lipinski definition) is 8. The third-order valence-corrected chi connectivity index (χ3v) is 15.8. The minimum Gasteiger partial charge on any atom is -0.377 e. The molecule has 2 aliphatic carbocycles. The Hall–Kier alpha value is -6.82. The summed E-state index contributed by atoms with van der Waals surface area (Å²) < 4.78 is 9.50. The molecule has 5 aromatic carbocycles. The van der Waals surface area contributed by atoms with Crippen molar-refractivity contribution >= 4 is 88.1 Å². The molecule has 11 rings (SSSR count). The van der Waals surface area contributed by atoms with E-state index in [1.54, 1.807) is 18.2 Å². The molecule has 0 amide bonds. The average molecular weight is 891 g/mol. The van der Waals surface area contributed by atoms with Crippen LogP contribution in [0.15, 0.2) is 106 Å². The number of aromatic nitrogens is 4. The quantitative estimate of drug-likeness (QED) is 0.0314. The van der Waals surface area contributed by atoms with E-state index in [1.807, 2.05) is 34.7 Å². The molecule has 9 aromatic rings. The predicted molar refractivity (Wildman–Crippen MR) is 273 cm³/mol. The van der Waals surface area contributed by atoms with Gasteiger partial charge in [0.15, 0.2) is 0 Å². The number of imidazole rings is 2. The van der Waals surface area contributed by atoms with Gasteiger partial charge in [-0.1, -0.05) is 107 Å². The summed E-state index contributed by atoms with van der Waals surface area (Å²) in [6.45, 7) is 19.7. The largest absolute Gasteiger partial charge is 0.377 e. The zero-order valence-electron chi connectivity index (χ0n) is 39.4. The smallest absolute Gasteiger partial charge is 0.281 e. The molecule has 0 saturated heterocycles. The first kappa shape index (κ1) is 42.8. The van der Waals surface area contributed by atoms with Gasteiger partial charge in [-0.2, -0.15) is 0 Å². The molecule has 0 bridgehead atoms. The van der Waals surface area contributed by atoms with Crippen LogP contribution >= 0.6 is 0 Å². The van der Waals surface area contributed by atoms with E-state index in [0.717, 1.165) is 97.8 Å². The number of nitrogens with zero attached hydrogens (tertiary/aromatic N) is 6. The van der Waals surface area contributed by atoms with Crippen LogP contribution in [0.4, 0.5) is 0 Å². The highest BCUT2D eigenvalue weighted by molar-refractivity contribution is 6.40. The number of allylic oxidation sites excluding steroid dienone is 5. The fourth-order valence-electron chi connectivity index (χ4n) is 11.4. The molecule has 0 aliphatic heterocycles. The van der Waals surface area contributed by atoms with Crippen LogP contribution in [0.3, 0.4) is 0 Å². The van der Waals surface area contributed by atoms with Gasteiger partial charge in [0.05, 0.1) is 29.2 Å². The molecule has 0 N–H and O–H groups in total. The van der Waals surface area contributed by atoms with E-state index >= 15 is 4.79 Å². The summed E-state index contributed by atoms with van der Waals surface area (Å²) in [6.07, 6.45) is 19.9. The van der Waals surface area contributed by atoms with Crippen LogP contribution in [0, 0.1) is 21.4 Å². The van der Waals surface area contributed by atoms with Gasteiger partial charge < -0.3 is 4.74 Å². The summed E-state index contributed by atoms with van der Waals surface area (Å²) in [7, 11) is 0. The van der Waals surface area contributed by atoms with Crippen LogP contribution in [-0.4, -0.2) is 54.9 Å². The highest BCUT2D eigenvalue weighted by Gasteiger charge is 2.43. The number of fused-ring (bicyclic) bond motifs is 10. The zero-order valence-corrected chi connectivity index (χ0v) is 39.4. The lowest BCUT2D eigenvalue weighted by Crippen LogP contribution is -2.43. The maximum Gasteiger partial charge on any atom is 0.281 e. The third-order valence-electron chi connectivity index (χ3n) is 15.8. The Balaban J connectivity index is 1.15. The van der Waals surface area contributed by atoms with Gasteiger partial charge in [-0.25, -0.2) is 9.97 Å². The number of benzene rings is 5.